The van der Waals surface area contributed by atoms with E-state index in [1.165, 1.54) is 17.8 Å². The van der Waals surface area contributed by atoms with Crippen LogP contribution in [0.3, 0.4) is 0 Å². The fourth-order valence-electron chi connectivity index (χ4n) is 3.21. The van der Waals surface area contributed by atoms with E-state index in [1.54, 1.807) is 26.0 Å². The molecule has 1 aliphatic rings. The molecule has 3 rings (SSSR count). The Labute approximate surface area is 155 Å². The average molecular weight is 378 g/mol. The van der Waals surface area contributed by atoms with Gasteiger partial charge in [-0.3, -0.25) is 9.59 Å². The molecule has 0 aromatic carbocycles. The summed E-state index contributed by atoms with van der Waals surface area (Å²) < 4.78 is 17.9. The molecule has 0 bridgehead atoms. The number of aromatic nitrogens is 3. The van der Waals surface area contributed by atoms with Crippen molar-refractivity contribution in [3.05, 3.63) is 24.2 Å². The molecule has 4 atom stereocenters. The van der Waals surface area contributed by atoms with Crippen molar-refractivity contribution < 1.29 is 28.9 Å². The molecule has 3 heterocycles. The van der Waals surface area contributed by atoms with Gasteiger partial charge >= 0.3 is 11.9 Å². The Bertz CT molecular complexity index is 868. The number of nitrogens with two attached hydrogens (primary N) is 1. The van der Waals surface area contributed by atoms with Gasteiger partial charge in [0.05, 0.1) is 5.69 Å². The second-order valence-electron chi connectivity index (χ2n) is 6.48. The number of ether oxygens (including phenoxy) is 3. The molecule has 0 amide bonds. The summed E-state index contributed by atoms with van der Waals surface area (Å²) in [6.45, 7) is 4.39. The summed E-state index contributed by atoms with van der Waals surface area (Å²) in [5.41, 5.74) is 5.64. The lowest BCUT2D eigenvalue weighted by Gasteiger charge is -2.27. The van der Waals surface area contributed by atoms with Gasteiger partial charge in [-0.25, -0.2) is 9.50 Å². The van der Waals surface area contributed by atoms with Crippen LogP contribution in [0.15, 0.2) is 18.5 Å². The van der Waals surface area contributed by atoms with Crippen LogP contribution in [0.2, 0.25) is 0 Å². The van der Waals surface area contributed by atoms with E-state index in [2.05, 4.69) is 10.1 Å². The first kappa shape index (κ1) is 19.1. The minimum absolute atomic E-state index is 0.137. The van der Waals surface area contributed by atoms with E-state index < -0.39 is 35.9 Å². The maximum Gasteiger partial charge on any atom is 0.305 e. The van der Waals surface area contributed by atoms with Crippen molar-refractivity contribution in [2.45, 2.75) is 51.1 Å². The topological polar surface area (TPSA) is 138 Å². The Hall–Kier alpha value is -2.72. The van der Waals surface area contributed by atoms with Crippen molar-refractivity contribution in [1.82, 2.24) is 14.6 Å². The highest BCUT2D eigenvalue weighted by Crippen LogP contribution is 2.41. The standard InChI is InChI=1S/C17H22N4O6/c1-4-13(23)26-14-11(7-25-9(2)22)27-17(3,15(14)24)12-6-5-10-16(18)19-8-20-21(10)12/h5-6,8,11,14-15,24H,4,7H2,1-3H3,(H2,18,19,20)/t11-,14-,15-,17+/m1/s1. The highest BCUT2D eigenvalue weighted by Gasteiger charge is 2.56. The minimum Gasteiger partial charge on any atom is -0.463 e. The second kappa shape index (κ2) is 7.12. The molecule has 27 heavy (non-hydrogen) atoms. The molecule has 0 spiro atoms. The Kier molecular flexibility index (Phi) is 5.03. The number of anilines is 1. The van der Waals surface area contributed by atoms with Crippen LogP contribution in [0.4, 0.5) is 5.82 Å². The van der Waals surface area contributed by atoms with Crippen LogP contribution in [-0.4, -0.2) is 56.6 Å². The van der Waals surface area contributed by atoms with E-state index in [-0.39, 0.29) is 18.8 Å². The average Bonchev–Trinajstić information content (AvgIpc) is 3.17. The van der Waals surface area contributed by atoms with E-state index in [1.807, 2.05) is 0 Å². The van der Waals surface area contributed by atoms with Crippen molar-refractivity contribution in [3.8, 4) is 0 Å². The van der Waals surface area contributed by atoms with Gasteiger partial charge in [-0.05, 0) is 19.1 Å². The fraction of sp³-hybridized carbons (Fsp3) is 0.529. The molecule has 146 valence electrons. The van der Waals surface area contributed by atoms with Crippen molar-refractivity contribution in [2.24, 2.45) is 0 Å². The van der Waals surface area contributed by atoms with Crippen LogP contribution >= 0.6 is 0 Å². The Morgan fingerprint density at radius 3 is 2.85 bits per heavy atom. The number of fused-ring (bicyclic) bond motifs is 1. The predicted octanol–water partition coefficient (Wildman–Crippen LogP) is 0.171. The molecule has 0 aliphatic carbocycles. The van der Waals surface area contributed by atoms with E-state index in [4.69, 9.17) is 19.9 Å². The summed E-state index contributed by atoms with van der Waals surface area (Å²) in [5, 5.41) is 15.1. The molecule has 1 fully saturated rings. The first-order valence-electron chi connectivity index (χ1n) is 8.55. The summed E-state index contributed by atoms with van der Waals surface area (Å²) >= 11 is 0. The molecular weight excluding hydrogens is 356 g/mol. The van der Waals surface area contributed by atoms with E-state index in [0.29, 0.717) is 11.2 Å². The van der Waals surface area contributed by atoms with Crippen molar-refractivity contribution in [3.63, 3.8) is 0 Å². The summed E-state index contributed by atoms with van der Waals surface area (Å²) in [6, 6.07) is 3.41. The molecule has 1 saturated heterocycles. The lowest BCUT2D eigenvalue weighted by atomic mass is 9.93. The van der Waals surface area contributed by atoms with E-state index in [0.717, 1.165) is 0 Å². The zero-order valence-corrected chi connectivity index (χ0v) is 15.3. The van der Waals surface area contributed by atoms with Crippen LogP contribution in [0.25, 0.3) is 5.52 Å². The molecule has 0 radical (unpaired) electrons. The quantitative estimate of drug-likeness (QED) is 0.697. The van der Waals surface area contributed by atoms with Crippen molar-refractivity contribution in [1.29, 1.82) is 0 Å². The van der Waals surface area contributed by atoms with E-state index >= 15 is 0 Å². The zero-order chi connectivity index (χ0) is 19.8. The highest BCUT2D eigenvalue weighted by atomic mass is 16.6. The monoisotopic (exact) mass is 378 g/mol. The van der Waals surface area contributed by atoms with Crippen molar-refractivity contribution in [2.75, 3.05) is 12.3 Å². The number of aliphatic hydroxyl groups is 1. The third kappa shape index (κ3) is 3.33. The van der Waals surface area contributed by atoms with Gasteiger partial charge in [0.2, 0.25) is 0 Å². The molecular formula is C17H22N4O6. The maximum absolute atomic E-state index is 11.8. The van der Waals surface area contributed by atoms with Gasteiger partial charge in [-0.15, -0.1) is 0 Å². The van der Waals surface area contributed by atoms with Crippen molar-refractivity contribution >= 4 is 23.3 Å². The SMILES string of the molecule is CCC(=O)O[C@H]1[C@@H](O)[C@](C)(c2ccc3c(N)ncnn23)O[C@@H]1COC(C)=O. The molecule has 0 saturated carbocycles. The smallest absolute Gasteiger partial charge is 0.305 e. The number of nitrogen functional groups attached to an aromatic ring is 1. The fourth-order valence-corrected chi connectivity index (χ4v) is 3.21. The third-order valence-corrected chi connectivity index (χ3v) is 4.64. The van der Waals surface area contributed by atoms with Crippen LogP contribution < -0.4 is 5.73 Å². The predicted molar refractivity (Wildman–Crippen MR) is 92.4 cm³/mol. The third-order valence-electron chi connectivity index (χ3n) is 4.64. The highest BCUT2D eigenvalue weighted by molar-refractivity contribution is 5.69. The number of hydrogen-bond donors (Lipinski definition) is 2. The van der Waals surface area contributed by atoms with E-state index in [9.17, 15) is 14.7 Å². The van der Waals surface area contributed by atoms with Gasteiger partial charge in [0.25, 0.3) is 0 Å². The summed E-state index contributed by atoms with van der Waals surface area (Å²) in [5.74, 6) is -0.722. The van der Waals surface area contributed by atoms with Gasteiger partial charge in [-0.2, -0.15) is 5.10 Å². The Balaban J connectivity index is 1.99. The van der Waals surface area contributed by atoms with Crippen LogP contribution in [0, 0.1) is 0 Å². The number of hydrogen-bond acceptors (Lipinski definition) is 9. The molecule has 10 heteroatoms. The molecule has 2 aromatic rings. The summed E-state index contributed by atoms with van der Waals surface area (Å²) in [6.07, 6.45) is -1.64. The minimum atomic E-state index is -1.28. The zero-order valence-electron chi connectivity index (χ0n) is 15.3. The van der Waals surface area contributed by atoms with Crippen LogP contribution in [0.1, 0.15) is 32.9 Å². The van der Waals surface area contributed by atoms with Gasteiger partial charge < -0.3 is 25.1 Å². The summed E-state index contributed by atoms with van der Waals surface area (Å²) in [7, 11) is 0. The second-order valence-corrected chi connectivity index (χ2v) is 6.48. The number of aliphatic hydroxyl groups excluding tert-OH is 1. The lowest BCUT2D eigenvalue weighted by Crippen LogP contribution is -2.42. The summed E-state index contributed by atoms with van der Waals surface area (Å²) in [4.78, 5) is 26.9. The molecule has 10 nitrogen and oxygen atoms in total. The number of nitrogens with zero attached hydrogens (tertiary/aromatic N) is 3. The first-order valence-corrected chi connectivity index (χ1v) is 8.55. The van der Waals surface area contributed by atoms with Gasteiger partial charge in [0.1, 0.15) is 36.3 Å². The Morgan fingerprint density at radius 1 is 1.44 bits per heavy atom. The Morgan fingerprint density at radius 2 is 2.19 bits per heavy atom. The van der Waals surface area contributed by atoms with Gasteiger partial charge in [0.15, 0.2) is 11.9 Å². The molecule has 1 aliphatic heterocycles. The first-order chi connectivity index (χ1) is 12.8. The lowest BCUT2D eigenvalue weighted by molar-refractivity contribution is -0.159. The van der Waals surface area contributed by atoms with Crippen LogP contribution in [-0.2, 0) is 29.4 Å². The normalized spacial score (nSPS) is 27.6. The molecule has 0 unspecified atom stereocenters. The number of rotatable bonds is 5. The number of carbonyl (C=O) groups excluding carboxylic acids is 2. The number of carbonyl (C=O) groups is 2. The maximum atomic E-state index is 11.8. The number of esters is 2. The molecule has 2 aromatic heterocycles. The largest absolute Gasteiger partial charge is 0.463 e. The van der Waals surface area contributed by atoms with Gasteiger partial charge in [-0.1, -0.05) is 6.92 Å². The van der Waals surface area contributed by atoms with Crippen LogP contribution in [0.5, 0.6) is 0 Å². The molecule has 3 N–H and O–H groups in total. The van der Waals surface area contributed by atoms with Gasteiger partial charge in [0, 0.05) is 13.3 Å².